The van der Waals surface area contributed by atoms with Crippen molar-refractivity contribution in [2.24, 2.45) is 9.98 Å². The quantitative estimate of drug-likeness (QED) is 0.205. The van der Waals surface area contributed by atoms with Gasteiger partial charge in [0.15, 0.2) is 0 Å². The first-order valence-electron chi connectivity index (χ1n) is 14.2. The number of hydrogen-bond donors (Lipinski definition) is 0. The predicted molar refractivity (Wildman–Crippen MR) is 162 cm³/mol. The summed E-state index contributed by atoms with van der Waals surface area (Å²) in [5.74, 6) is 0. The Morgan fingerprint density at radius 3 is 1.05 bits per heavy atom. The largest absolute Gasteiger partial charge is 3.00 e. The van der Waals surface area contributed by atoms with Crippen molar-refractivity contribution in [2.45, 2.75) is 99.8 Å². The molecule has 0 saturated carbocycles. The smallest absolute Gasteiger partial charge is 1.00 e. The second-order valence-corrected chi connectivity index (χ2v) is 10.4. The number of aliphatic imine (C=N–C) groups is 2. The van der Waals surface area contributed by atoms with Gasteiger partial charge in [0.05, 0.1) is 35.2 Å². The molecule has 3 rings (SSSR count). The Kier molecular flexibility index (Phi) is 21.3. The summed E-state index contributed by atoms with van der Waals surface area (Å²) in [6, 6.07) is 13.4. The minimum absolute atomic E-state index is 0. The third-order valence-electron chi connectivity index (χ3n) is 6.56. The summed E-state index contributed by atoms with van der Waals surface area (Å²) >= 11 is 0. The Labute approximate surface area is 278 Å². The van der Waals surface area contributed by atoms with Crippen LogP contribution in [0.4, 0.5) is 11.4 Å². The van der Waals surface area contributed by atoms with Crippen LogP contribution in [0.1, 0.15) is 104 Å². The molecular weight excluding hydrogens is 613 g/mol. The second kappa shape index (κ2) is 21.1. The first-order chi connectivity index (χ1) is 17.9. The van der Waals surface area contributed by atoms with E-state index in [9.17, 15) is 0 Å². The van der Waals surface area contributed by atoms with Gasteiger partial charge in [-0.15, -0.1) is 0 Å². The van der Waals surface area contributed by atoms with E-state index in [2.05, 4.69) is 84.9 Å². The van der Waals surface area contributed by atoms with Crippen LogP contribution in [0.3, 0.4) is 0 Å². The fourth-order valence-corrected chi connectivity index (χ4v) is 5.16. The van der Waals surface area contributed by atoms with Gasteiger partial charge in [-0.05, 0) is 86.4 Å². The first kappa shape index (κ1) is 41.5. The van der Waals surface area contributed by atoms with Gasteiger partial charge < -0.3 is 37.2 Å². The van der Waals surface area contributed by atoms with Gasteiger partial charge in [-0.25, -0.2) is 4.98 Å². The molecule has 0 spiro atoms. The predicted octanol–water partition coefficient (Wildman–Crippen LogP) is 0.328. The maximum atomic E-state index is 5.01. The molecule has 0 bridgehead atoms. The number of halogens is 3. The van der Waals surface area contributed by atoms with Crippen molar-refractivity contribution in [3.05, 3.63) is 86.7 Å². The average Bonchev–Trinajstić information content (AvgIpc) is 2.83. The van der Waals surface area contributed by atoms with Crippen molar-refractivity contribution < 1.29 is 54.3 Å². The molecule has 1 aromatic heterocycles. The van der Waals surface area contributed by atoms with Gasteiger partial charge in [-0.1, -0.05) is 88.8 Å². The minimum atomic E-state index is 0. The molecule has 1 heterocycles. The van der Waals surface area contributed by atoms with Gasteiger partial charge in [0, 0.05) is 0 Å². The molecule has 0 fully saturated rings. The molecule has 0 amide bonds. The Morgan fingerprint density at radius 1 is 0.512 bits per heavy atom. The average molecular weight is 658 g/mol. The molecule has 0 aliphatic rings. The van der Waals surface area contributed by atoms with Gasteiger partial charge in [-0.3, -0.25) is 9.98 Å². The molecule has 0 atom stereocenters. The number of nitrogens with zero attached hydrogens (tertiary/aromatic N) is 3. The number of rotatable bonds is 12. The third-order valence-corrected chi connectivity index (χ3v) is 6.56. The molecule has 0 aliphatic carbocycles. The zero-order valence-corrected chi connectivity index (χ0v) is 29.0. The zero-order chi connectivity index (χ0) is 26.8. The maximum absolute atomic E-state index is 5.01. The summed E-state index contributed by atoms with van der Waals surface area (Å²) in [7, 11) is 0. The summed E-state index contributed by atoms with van der Waals surface area (Å²) < 4.78 is 0. The van der Waals surface area contributed by atoms with Gasteiger partial charge in [0.25, 0.3) is 0 Å². The molecule has 0 unspecified atom stereocenters. The van der Waals surface area contributed by atoms with Crippen LogP contribution in [0.25, 0.3) is 0 Å². The Hall–Kier alpha value is -1.68. The number of aromatic nitrogens is 1. The number of hydrogen-bond acceptors (Lipinski definition) is 3. The second-order valence-electron chi connectivity index (χ2n) is 10.4. The molecular formula is C34H45Cl3FeN3. The number of aryl methyl sites for hydroxylation is 7. The molecule has 0 N–H and O–H groups in total. The van der Waals surface area contributed by atoms with Crippen LogP contribution in [0, 0.1) is 20.8 Å². The molecule has 1 radical (unpaired) electrons. The molecule has 7 heteroatoms. The van der Waals surface area contributed by atoms with Gasteiger partial charge >= 0.3 is 17.1 Å². The number of pyridine rings is 1. The van der Waals surface area contributed by atoms with E-state index in [1.807, 2.05) is 12.4 Å². The Morgan fingerprint density at radius 2 is 0.780 bits per heavy atom. The SMILES string of the molecule is CCCc1cc(C)cc(CCC)c1N=Cc1cc(C)cc(C=Nc2c(CCC)cc(C)cc2CCC)n1.[Cl-].[Cl-].[Cl-].[Fe+3]. The van der Waals surface area contributed by atoms with E-state index >= 15 is 0 Å². The van der Waals surface area contributed by atoms with Crippen molar-refractivity contribution in [1.82, 2.24) is 4.98 Å². The van der Waals surface area contributed by atoms with Gasteiger partial charge in [0.2, 0.25) is 0 Å². The first-order valence-corrected chi connectivity index (χ1v) is 14.2. The zero-order valence-electron chi connectivity index (χ0n) is 25.6. The van der Waals surface area contributed by atoms with Crippen LogP contribution >= 0.6 is 0 Å². The summed E-state index contributed by atoms with van der Waals surface area (Å²) in [6.45, 7) is 15.4. The van der Waals surface area contributed by atoms with E-state index < -0.39 is 0 Å². The summed E-state index contributed by atoms with van der Waals surface area (Å²) in [4.78, 5) is 14.9. The van der Waals surface area contributed by atoms with Crippen molar-refractivity contribution in [3.8, 4) is 0 Å². The fraction of sp³-hybridized carbons (Fsp3) is 0.441. The van der Waals surface area contributed by atoms with Crippen molar-refractivity contribution in [1.29, 1.82) is 0 Å². The summed E-state index contributed by atoms with van der Waals surface area (Å²) in [5, 5.41) is 0. The van der Waals surface area contributed by atoms with E-state index in [4.69, 9.17) is 15.0 Å². The monoisotopic (exact) mass is 656 g/mol. The van der Waals surface area contributed by atoms with E-state index in [0.29, 0.717) is 0 Å². The van der Waals surface area contributed by atoms with Crippen LogP contribution in [0.2, 0.25) is 0 Å². The van der Waals surface area contributed by atoms with Crippen molar-refractivity contribution in [3.63, 3.8) is 0 Å². The topological polar surface area (TPSA) is 37.6 Å². The van der Waals surface area contributed by atoms with E-state index in [1.54, 1.807) is 0 Å². The minimum Gasteiger partial charge on any atom is -1.00 e. The Balaban J connectivity index is 0. The van der Waals surface area contributed by atoms with Crippen LogP contribution < -0.4 is 37.2 Å². The maximum Gasteiger partial charge on any atom is 3.00 e. The van der Waals surface area contributed by atoms with Crippen LogP contribution in [-0.4, -0.2) is 17.4 Å². The Bertz CT molecular complexity index is 1120. The number of benzene rings is 2. The van der Waals surface area contributed by atoms with Gasteiger partial charge in [-0.2, -0.15) is 0 Å². The van der Waals surface area contributed by atoms with Crippen molar-refractivity contribution in [2.75, 3.05) is 0 Å². The van der Waals surface area contributed by atoms with Crippen LogP contribution in [0.15, 0.2) is 46.4 Å². The molecule has 0 aliphatic heterocycles. The third kappa shape index (κ3) is 12.2. The fourth-order valence-electron chi connectivity index (χ4n) is 5.16. The van der Waals surface area contributed by atoms with E-state index in [-0.39, 0.29) is 54.3 Å². The summed E-state index contributed by atoms with van der Waals surface area (Å²) in [6.07, 6.45) is 12.5. The van der Waals surface area contributed by atoms with E-state index in [1.165, 1.54) is 33.4 Å². The van der Waals surface area contributed by atoms with E-state index in [0.717, 1.165) is 79.7 Å². The van der Waals surface area contributed by atoms with Crippen molar-refractivity contribution >= 4 is 23.8 Å². The summed E-state index contributed by atoms with van der Waals surface area (Å²) in [5.41, 5.74) is 13.1. The molecule has 3 nitrogen and oxygen atoms in total. The molecule has 2 aromatic carbocycles. The molecule has 225 valence electrons. The standard InChI is InChI=1S/C34H45N3.3ClH.Fe/c1-8-12-27-16-24(5)17-28(13-9-2)33(27)35-22-31-20-26(7)21-32(37-31)23-36-34-29(14-10-3)18-25(6)19-30(34)15-11-4;;;;/h16-23H,8-15H2,1-7H3;3*1H;/q;;;;+3/p-3. The molecule has 0 saturated heterocycles. The molecule has 41 heavy (non-hydrogen) atoms. The molecule has 3 aromatic rings. The van der Waals surface area contributed by atoms with Crippen LogP contribution in [0.5, 0.6) is 0 Å². The van der Waals surface area contributed by atoms with Crippen LogP contribution in [-0.2, 0) is 42.8 Å². The van der Waals surface area contributed by atoms with Gasteiger partial charge in [0.1, 0.15) is 0 Å². The normalized spacial score (nSPS) is 10.6.